The van der Waals surface area contributed by atoms with Crippen LogP contribution in [0.15, 0.2) is 54.9 Å². The molecule has 0 bridgehead atoms. The van der Waals surface area contributed by atoms with Crippen molar-refractivity contribution in [3.63, 3.8) is 0 Å². The van der Waals surface area contributed by atoms with E-state index >= 15 is 0 Å². The van der Waals surface area contributed by atoms with Gasteiger partial charge in [-0.3, -0.25) is 4.79 Å². The number of para-hydroxylation sites is 2. The number of likely N-dealkylation sites (tertiary alicyclic amines) is 1. The molecule has 1 atom stereocenters. The third-order valence-electron chi connectivity index (χ3n) is 6.04. The number of piperidine rings is 1. The number of aromatic nitrogens is 2. The number of hydrogen-bond donors (Lipinski definition) is 1. The smallest absolute Gasteiger partial charge is 0.245 e. The SMILES string of the molecule is CC[C@H](C(=O)N1CCC(O)(c2ccccc2C)CC1)n1cnc2ccccc21. The predicted octanol–water partition coefficient (Wildman–Crippen LogP) is 3.81. The molecule has 1 amide bonds. The summed E-state index contributed by atoms with van der Waals surface area (Å²) in [5.41, 5.74) is 3.11. The fraction of sp³-hybridized carbons (Fsp3) is 0.391. The molecule has 1 aromatic heterocycles. The van der Waals surface area contributed by atoms with E-state index in [4.69, 9.17) is 0 Å². The van der Waals surface area contributed by atoms with E-state index in [9.17, 15) is 9.90 Å². The fourth-order valence-electron chi connectivity index (χ4n) is 4.39. The van der Waals surface area contributed by atoms with E-state index in [2.05, 4.69) is 4.98 Å². The van der Waals surface area contributed by atoms with E-state index in [0.717, 1.165) is 22.2 Å². The van der Waals surface area contributed by atoms with Gasteiger partial charge < -0.3 is 14.6 Å². The van der Waals surface area contributed by atoms with Crippen LogP contribution in [0.2, 0.25) is 0 Å². The minimum absolute atomic E-state index is 0.109. The van der Waals surface area contributed by atoms with Crippen LogP contribution in [0.1, 0.15) is 43.4 Å². The average Bonchev–Trinajstić information content (AvgIpc) is 3.13. The molecule has 5 heteroatoms. The molecule has 0 radical (unpaired) electrons. The first kappa shape index (κ1) is 18.7. The monoisotopic (exact) mass is 377 g/mol. The summed E-state index contributed by atoms with van der Waals surface area (Å²) in [4.78, 5) is 19.6. The summed E-state index contributed by atoms with van der Waals surface area (Å²) in [7, 11) is 0. The summed E-state index contributed by atoms with van der Waals surface area (Å²) in [6.07, 6.45) is 3.59. The largest absolute Gasteiger partial charge is 0.385 e. The van der Waals surface area contributed by atoms with Gasteiger partial charge in [-0.05, 0) is 49.4 Å². The highest BCUT2D eigenvalue weighted by Gasteiger charge is 2.37. The number of fused-ring (bicyclic) bond motifs is 1. The number of nitrogens with zero attached hydrogens (tertiary/aromatic N) is 3. The Bertz CT molecular complexity index is 986. The number of carbonyl (C=O) groups is 1. The summed E-state index contributed by atoms with van der Waals surface area (Å²) >= 11 is 0. The highest BCUT2D eigenvalue weighted by molar-refractivity contribution is 5.84. The number of amides is 1. The molecule has 3 aromatic rings. The van der Waals surface area contributed by atoms with Gasteiger partial charge in [0.2, 0.25) is 5.91 Å². The minimum Gasteiger partial charge on any atom is -0.385 e. The van der Waals surface area contributed by atoms with Crippen LogP contribution >= 0.6 is 0 Å². The van der Waals surface area contributed by atoms with Crippen molar-refractivity contribution in [2.75, 3.05) is 13.1 Å². The third kappa shape index (κ3) is 3.20. The zero-order valence-electron chi connectivity index (χ0n) is 16.5. The Labute approximate surface area is 165 Å². The van der Waals surface area contributed by atoms with Crippen molar-refractivity contribution < 1.29 is 9.90 Å². The van der Waals surface area contributed by atoms with Gasteiger partial charge in [0.05, 0.1) is 23.0 Å². The molecule has 2 aromatic carbocycles. The van der Waals surface area contributed by atoms with Gasteiger partial charge in [0, 0.05) is 13.1 Å². The molecule has 5 nitrogen and oxygen atoms in total. The molecule has 2 heterocycles. The first-order chi connectivity index (χ1) is 13.5. The summed E-state index contributed by atoms with van der Waals surface area (Å²) in [5.74, 6) is 0.109. The average molecular weight is 377 g/mol. The van der Waals surface area contributed by atoms with Crippen molar-refractivity contribution >= 4 is 16.9 Å². The Morgan fingerprint density at radius 3 is 2.54 bits per heavy atom. The molecule has 146 valence electrons. The van der Waals surface area contributed by atoms with Crippen molar-refractivity contribution in [1.29, 1.82) is 0 Å². The molecule has 0 spiro atoms. The molecule has 1 aliphatic heterocycles. The third-order valence-corrected chi connectivity index (χ3v) is 6.04. The van der Waals surface area contributed by atoms with Crippen molar-refractivity contribution in [3.8, 4) is 0 Å². The van der Waals surface area contributed by atoms with Crippen LogP contribution in [0.25, 0.3) is 11.0 Å². The summed E-state index contributed by atoms with van der Waals surface area (Å²) in [6.45, 7) is 5.19. The van der Waals surface area contributed by atoms with Crippen molar-refractivity contribution in [1.82, 2.24) is 14.5 Å². The van der Waals surface area contributed by atoms with Crippen LogP contribution in [0.3, 0.4) is 0 Å². The van der Waals surface area contributed by atoms with Gasteiger partial charge in [-0.25, -0.2) is 4.98 Å². The lowest BCUT2D eigenvalue weighted by Gasteiger charge is -2.40. The standard InChI is InChI=1S/C23H27N3O2/c1-3-20(26-16-24-19-10-6-7-11-21(19)26)22(27)25-14-12-23(28,13-15-25)18-9-5-4-8-17(18)2/h4-11,16,20,28H,3,12-15H2,1-2H3/t20-/m1/s1. The van der Waals surface area contributed by atoms with Gasteiger partial charge >= 0.3 is 0 Å². The number of hydrogen-bond acceptors (Lipinski definition) is 3. The van der Waals surface area contributed by atoms with Crippen LogP contribution in [-0.2, 0) is 10.4 Å². The molecule has 1 aliphatic rings. The summed E-state index contributed by atoms with van der Waals surface area (Å²) < 4.78 is 1.99. The minimum atomic E-state index is -0.856. The molecule has 1 N–H and O–H groups in total. The van der Waals surface area contributed by atoms with Gasteiger partial charge in [-0.15, -0.1) is 0 Å². The zero-order chi connectivity index (χ0) is 19.7. The molecule has 0 saturated carbocycles. The molecule has 0 unspecified atom stereocenters. The van der Waals surface area contributed by atoms with E-state index < -0.39 is 5.60 Å². The molecule has 28 heavy (non-hydrogen) atoms. The maximum absolute atomic E-state index is 13.3. The maximum Gasteiger partial charge on any atom is 0.245 e. The van der Waals surface area contributed by atoms with E-state index in [-0.39, 0.29) is 11.9 Å². The number of aryl methyl sites for hydroxylation is 1. The Morgan fingerprint density at radius 2 is 1.82 bits per heavy atom. The lowest BCUT2D eigenvalue weighted by atomic mass is 9.82. The normalized spacial score (nSPS) is 17.6. The molecular formula is C23H27N3O2. The van der Waals surface area contributed by atoms with E-state index in [1.165, 1.54) is 0 Å². The number of aliphatic hydroxyl groups is 1. The van der Waals surface area contributed by atoms with Crippen LogP contribution in [0.5, 0.6) is 0 Å². The van der Waals surface area contributed by atoms with Gasteiger partial charge in [-0.2, -0.15) is 0 Å². The van der Waals surface area contributed by atoms with Gasteiger partial charge in [0.15, 0.2) is 0 Å². The quantitative estimate of drug-likeness (QED) is 0.752. The molecule has 1 fully saturated rings. The Hall–Kier alpha value is -2.66. The Kier molecular flexibility index (Phi) is 4.94. The highest BCUT2D eigenvalue weighted by atomic mass is 16.3. The summed E-state index contributed by atoms with van der Waals surface area (Å²) in [5, 5.41) is 11.2. The maximum atomic E-state index is 13.3. The second-order valence-electron chi connectivity index (χ2n) is 7.74. The Morgan fingerprint density at radius 1 is 1.14 bits per heavy atom. The van der Waals surface area contributed by atoms with Crippen LogP contribution in [-0.4, -0.2) is 38.6 Å². The lowest BCUT2D eigenvalue weighted by molar-refractivity contribution is -0.139. The zero-order valence-corrected chi connectivity index (χ0v) is 16.5. The number of carbonyl (C=O) groups excluding carboxylic acids is 1. The van der Waals surface area contributed by atoms with Crippen molar-refractivity contribution in [2.24, 2.45) is 0 Å². The highest BCUT2D eigenvalue weighted by Crippen LogP contribution is 2.35. The van der Waals surface area contributed by atoms with Gasteiger partial charge in [0.1, 0.15) is 6.04 Å². The van der Waals surface area contributed by atoms with Crippen molar-refractivity contribution in [2.45, 2.75) is 44.8 Å². The molecule has 0 aliphatic carbocycles. The summed E-state index contributed by atoms with van der Waals surface area (Å²) in [6, 6.07) is 15.6. The second-order valence-corrected chi connectivity index (χ2v) is 7.74. The van der Waals surface area contributed by atoms with Crippen LogP contribution in [0.4, 0.5) is 0 Å². The lowest BCUT2D eigenvalue weighted by Crippen LogP contribution is -2.47. The molecular weight excluding hydrogens is 350 g/mol. The number of imidazole rings is 1. The predicted molar refractivity (Wildman–Crippen MR) is 110 cm³/mol. The topological polar surface area (TPSA) is 58.4 Å². The second kappa shape index (κ2) is 7.40. The first-order valence-corrected chi connectivity index (χ1v) is 10.0. The van der Waals surface area contributed by atoms with Gasteiger partial charge in [0.25, 0.3) is 0 Å². The van der Waals surface area contributed by atoms with Crippen LogP contribution < -0.4 is 0 Å². The first-order valence-electron chi connectivity index (χ1n) is 10.0. The van der Waals surface area contributed by atoms with Gasteiger partial charge in [-0.1, -0.05) is 43.3 Å². The van der Waals surface area contributed by atoms with E-state index in [1.807, 2.05) is 71.8 Å². The van der Waals surface area contributed by atoms with Crippen LogP contribution in [0, 0.1) is 6.92 Å². The number of benzene rings is 2. The van der Waals surface area contributed by atoms with E-state index in [0.29, 0.717) is 32.4 Å². The van der Waals surface area contributed by atoms with E-state index in [1.54, 1.807) is 6.33 Å². The van der Waals surface area contributed by atoms with Crippen molar-refractivity contribution in [3.05, 3.63) is 66.0 Å². The molecule has 4 rings (SSSR count). The molecule has 1 saturated heterocycles. The fourth-order valence-corrected chi connectivity index (χ4v) is 4.39. The Balaban J connectivity index is 1.52. The number of rotatable bonds is 4.